The van der Waals surface area contributed by atoms with Gasteiger partial charge in [0.25, 0.3) is 0 Å². The molecular weight excluding hydrogens is 240 g/mol. The van der Waals surface area contributed by atoms with Gasteiger partial charge in [0, 0.05) is 11.4 Å². The molecule has 2 rings (SSSR count). The number of aryl methyl sites for hydroxylation is 1. The number of carboxylic acid groups (broad SMARTS) is 1. The predicted octanol–water partition coefficient (Wildman–Crippen LogP) is 3.31. The number of benzene rings is 2. The molecule has 2 aromatic rings. The number of hydrogen-bond acceptors (Lipinski definition) is 3. The van der Waals surface area contributed by atoms with Crippen LogP contribution in [0.25, 0.3) is 0 Å². The zero-order valence-electron chi connectivity index (χ0n) is 10.3. The van der Waals surface area contributed by atoms with Gasteiger partial charge in [-0.05, 0) is 48.9 Å². The molecule has 2 N–H and O–H groups in total. The highest BCUT2D eigenvalue weighted by atomic mass is 16.4. The van der Waals surface area contributed by atoms with Crippen molar-refractivity contribution < 1.29 is 9.90 Å². The SMILES string of the molecule is Cc1ccc(C#N)cc1Nc1ccc(C(=O)O)cc1. The number of carbonyl (C=O) groups is 1. The minimum absolute atomic E-state index is 0.244. The summed E-state index contributed by atoms with van der Waals surface area (Å²) in [5.41, 5.74) is 3.45. The van der Waals surface area contributed by atoms with E-state index in [9.17, 15) is 4.79 Å². The van der Waals surface area contributed by atoms with Crippen molar-refractivity contribution in [2.45, 2.75) is 6.92 Å². The van der Waals surface area contributed by atoms with E-state index in [1.807, 2.05) is 13.0 Å². The molecule has 0 unspecified atom stereocenters. The highest BCUT2D eigenvalue weighted by molar-refractivity contribution is 5.88. The Labute approximate surface area is 110 Å². The van der Waals surface area contributed by atoms with Crippen LogP contribution in [0, 0.1) is 18.3 Å². The Morgan fingerprint density at radius 3 is 2.47 bits per heavy atom. The van der Waals surface area contributed by atoms with E-state index >= 15 is 0 Å². The second-order valence-corrected chi connectivity index (χ2v) is 4.15. The number of nitrogens with one attached hydrogen (secondary N) is 1. The van der Waals surface area contributed by atoms with Crippen molar-refractivity contribution >= 4 is 17.3 Å². The van der Waals surface area contributed by atoms with Gasteiger partial charge in [-0.1, -0.05) is 6.07 Å². The molecule has 2 aromatic carbocycles. The van der Waals surface area contributed by atoms with Crippen molar-refractivity contribution in [3.63, 3.8) is 0 Å². The van der Waals surface area contributed by atoms with E-state index < -0.39 is 5.97 Å². The topological polar surface area (TPSA) is 73.1 Å². The molecule has 0 saturated heterocycles. The lowest BCUT2D eigenvalue weighted by Gasteiger charge is -2.10. The Kier molecular flexibility index (Phi) is 3.48. The molecule has 94 valence electrons. The van der Waals surface area contributed by atoms with Crippen molar-refractivity contribution in [1.82, 2.24) is 0 Å². The normalized spacial score (nSPS) is 9.68. The first-order valence-corrected chi connectivity index (χ1v) is 5.71. The summed E-state index contributed by atoms with van der Waals surface area (Å²) in [6, 6.07) is 13.9. The van der Waals surface area contributed by atoms with Crippen LogP contribution in [0.1, 0.15) is 21.5 Å². The van der Waals surface area contributed by atoms with Crippen LogP contribution in [-0.4, -0.2) is 11.1 Å². The van der Waals surface area contributed by atoms with Gasteiger partial charge in [0.2, 0.25) is 0 Å². The fraction of sp³-hybridized carbons (Fsp3) is 0.0667. The maximum atomic E-state index is 10.8. The van der Waals surface area contributed by atoms with Gasteiger partial charge in [-0.2, -0.15) is 5.26 Å². The molecular formula is C15H12N2O2. The highest BCUT2D eigenvalue weighted by Gasteiger charge is 2.04. The number of anilines is 2. The fourth-order valence-electron chi connectivity index (χ4n) is 1.68. The van der Waals surface area contributed by atoms with Gasteiger partial charge in [-0.15, -0.1) is 0 Å². The lowest BCUT2D eigenvalue weighted by atomic mass is 10.1. The van der Waals surface area contributed by atoms with Crippen LogP contribution in [0.3, 0.4) is 0 Å². The van der Waals surface area contributed by atoms with E-state index in [2.05, 4.69) is 11.4 Å². The summed E-state index contributed by atoms with van der Waals surface area (Å²) in [6.07, 6.45) is 0. The van der Waals surface area contributed by atoms with E-state index in [1.165, 1.54) is 12.1 Å². The van der Waals surface area contributed by atoms with Gasteiger partial charge in [-0.25, -0.2) is 4.79 Å². The summed E-state index contributed by atoms with van der Waals surface area (Å²) in [4.78, 5) is 10.8. The third-order valence-corrected chi connectivity index (χ3v) is 2.78. The van der Waals surface area contributed by atoms with Gasteiger partial charge in [0.1, 0.15) is 0 Å². The maximum Gasteiger partial charge on any atom is 0.335 e. The van der Waals surface area contributed by atoms with E-state index in [1.54, 1.807) is 24.3 Å². The minimum Gasteiger partial charge on any atom is -0.478 e. The van der Waals surface area contributed by atoms with E-state index in [0.717, 1.165) is 16.9 Å². The zero-order chi connectivity index (χ0) is 13.8. The zero-order valence-corrected chi connectivity index (χ0v) is 10.3. The highest BCUT2D eigenvalue weighted by Crippen LogP contribution is 2.22. The predicted molar refractivity (Wildman–Crippen MR) is 72.6 cm³/mol. The van der Waals surface area contributed by atoms with Crippen molar-refractivity contribution in [3.05, 3.63) is 59.2 Å². The van der Waals surface area contributed by atoms with Crippen molar-refractivity contribution in [2.24, 2.45) is 0 Å². The van der Waals surface area contributed by atoms with Crippen LogP contribution in [0.5, 0.6) is 0 Å². The smallest absolute Gasteiger partial charge is 0.335 e. The molecule has 19 heavy (non-hydrogen) atoms. The molecule has 0 amide bonds. The number of hydrogen-bond donors (Lipinski definition) is 2. The van der Waals surface area contributed by atoms with Crippen molar-refractivity contribution in [1.29, 1.82) is 5.26 Å². The molecule has 0 aliphatic rings. The van der Waals surface area contributed by atoms with E-state index in [0.29, 0.717) is 5.56 Å². The number of aromatic carboxylic acids is 1. The second kappa shape index (κ2) is 5.23. The van der Waals surface area contributed by atoms with Crippen LogP contribution in [0.2, 0.25) is 0 Å². The number of nitriles is 1. The molecule has 0 aliphatic carbocycles. The Hall–Kier alpha value is -2.80. The Bertz CT molecular complexity index is 655. The molecule has 0 bridgehead atoms. The quantitative estimate of drug-likeness (QED) is 0.878. The third-order valence-electron chi connectivity index (χ3n) is 2.78. The lowest BCUT2D eigenvalue weighted by molar-refractivity contribution is 0.0697. The first-order chi connectivity index (χ1) is 9.10. The molecule has 0 radical (unpaired) electrons. The molecule has 0 atom stereocenters. The summed E-state index contributed by atoms with van der Waals surface area (Å²) >= 11 is 0. The average molecular weight is 252 g/mol. The van der Waals surface area contributed by atoms with Gasteiger partial charge < -0.3 is 10.4 Å². The lowest BCUT2D eigenvalue weighted by Crippen LogP contribution is -1.97. The van der Waals surface area contributed by atoms with Gasteiger partial charge in [-0.3, -0.25) is 0 Å². The van der Waals surface area contributed by atoms with Gasteiger partial charge in [0.05, 0.1) is 17.2 Å². The van der Waals surface area contributed by atoms with Crippen molar-refractivity contribution in [2.75, 3.05) is 5.32 Å². The monoisotopic (exact) mass is 252 g/mol. The first-order valence-electron chi connectivity index (χ1n) is 5.71. The Morgan fingerprint density at radius 1 is 1.21 bits per heavy atom. The molecule has 0 spiro atoms. The molecule has 4 heteroatoms. The first kappa shape index (κ1) is 12.7. The summed E-state index contributed by atoms with van der Waals surface area (Å²) in [6.45, 7) is 1.94. The van der Waals surface area contributed by atoms with E-state index in [4.69, 9.17) is 10.4 Å². The van der Waals surface area contributed by atoms with E-state index in [-0.39, 0.29) is 5.56 Å². The van der Waals surface area contributed by atoms with Gasteiger partial charge >= 0.3 is 5.97 Å². The van der Waals surface area contributed by atoms with Crippen LogP contribution >= 0.6 is 0 Å². The summed E-state index contributed by atoms with van der Waals surface area (Å²) in [5.74, 6) is -0.950. The summed E-state index contributed by atoms with van der Waals surface area (Å²) in [5, 5.41) is 20.9. The van der Waals surface area contributed by atoms with Crippen LogP contribution in [-0.2, 0) is 0 Å². The molecule has 4 nitrogen and oxygen atoms in total. The Morgan fingerprint density at radius 2 is 1.89 bits per heavy atom. The standard InChI is InChI=1S/C15H12N2O2/c1-10-2-3-11(9-16)8-14(10)17-13-6-4-12(5-7-13)15(18)19/h2-8,17H,1H3,(H,18,19). The molecule has 0 saturated carbocycles. The van der Waals surface area contributed by atoms with Crippen LogP contribution in [0.4, 0.5) is 11.4 Å². The van der Waals surface area contributed by atoms with Crippen molar-refractivity contribution in [3.8, 4) is 6.07 Å². The summed E-state index contributed by atoms with van der Waals surface area (Å²) in [7, 11) is 0. The Balaban J connectivity index is 2.26. The molecule has 0 heterocycles. The number of rotatable bonds is 3. The average Bonchev–Trinajstić information content (AvgIpc) is 2.42. The molecule has 0 fully saturated rings. The molecule has 0 aliphatic heterocycles. The van der Waals surface area contributed by atoms with Gasteiger partial charge in [0.15, 0.2) is 0 Å². The van der Waals surface area contributed by atoms with Crippen LogP contribution < -0.4 is 5.32 Å². The minimum atomic E-state index is -0.950. The second-order valence-electron chi connectivity index (χ2n) is 4.15. The van der Waals surface area contributed by atoms with Crippen LogP contribution in [0.15, 0.2) is 42.5 Å². The number of carboxylic acids is 1. The summed E-state index contributed by atoms with van der Waals surface area (Å²) < 4.78 is 0. The number of nitrogens with zero attached hydrogens (tertiary/aromatic N) is 1. The largest absolute Gasteiger partial charge is 0.478 e. The maximum absolute atomic E-state index is 10.8. The fourth-order valence-corrected chi connectivity index (χ4v) is 1.68. The molecule has 0 aromatic heterocycles. The third kappa shape index (κ3) is 2.90.